The predicted octanol–water partition coefficient (Wildman–Crippen LogP) is 2.38. The Hall–Kier alpha value is -3.13. The van der Waals surface area contributed by atoms with Crippen molar-refractivity contribution in [3.8, 4) is 11.8 Å². The number of benzene rings is 2. The van der Waals surface area contributed by atoms with Crippen molar-refractivity contribution in [2.24, 2.45) is 7.05 Å². The number of hydrogen-bond donors (Lipinski definition) is 0. The van der Waals surface area contributed by atoms with Gasteiger partial charge in [-0.1, -0.05) is 18.2 Å². The molecule has 0 radical (unpaired) electrons. The first-order valence-corrected chi connectivity index (χ1v) is 6.76. The summed E-state index contributed by atoms with van der Waals surface area (Å²) in [4.78, 5) is 16.7. The third-order valence-electron chi connectivity index (χ3n) is 3.39. The molecular weight excluding hydrogens is 278 g/mol. The number of aryl methyl sites for hydroxylation is 1. The highest BCUT2D eigenvalue weighted by Crippen LogP contribution is 2.14. The first-order chi connectivity index (χ1) is 10.7. The van der Waals surface area contributed by atoms with Crippen molar-refractivity contribution < 1.29 is 4.74 Å². The zero-order chi connectivity index (χ0) is 15.5. The number of nitriles is 1. The van der Waals surface area contributed by atoms with Crippen molar-refractivity contribution in [2.75, 3.05) is 0 Å². The lowest BCUT2D eigenvalue weighted by Gasteiger charge is -2.09. The fourth-order valence-electron chi connectivity index (χ4n) is 2.24. The summed E-state index contributed by atoms with van der Waals surface area (Å²) < 4.78 is 7.15. The third kappa shape index (κ3) is 2.54. The number of aromatic nitrogens is 2. The van der Waals surface area contributed by atoms with E-state index in [1.54, 1.807) is 35.9 Å². The first-order valence-electron chi connectivity index (χ1n) is 6.76. The zero-order valence-corrected chi connectivity index (χ0v) is 12.0. The molecule has 3 rings (SSSR count). The van der Waals surface area contributed by atoms with Crippen LogP contribution >= 0.6 is 0 Å². The molecule has 5 heteroatoms. The van der Waals surface area contributed by atoms with Crippen LogP contribution in [0.25, 0.3) is 11.0 Å². The molecular formula is C17H13N3O2. The Labute approximate surface area is 127 Å². The highest BCUT2D eigenvalue weighted by atomic mass is 16.5. The van der Waals surface area contributed by atoms with Gasteiger partial charge in [0.25, 0.3) is 5.56 Å². The molecule has 0 aliphatic carbocycles. The Kier molecular flexibility index (Phi) is 3.58. The lowest BCUT2D eigenvalue weighted by atomic mass is 10.2. The van der Waals surface area contributed by atoms with Crippen molar-refractivity contribution >= 4 is 11.0 Å². The van der Waals surface area contributed by atoms with Gasteiger partial charge in [-0.3, -0.25) is 4.79 Å². The van der Waals surface area contributed by atoms with Gasteiger partial charge in [-0.15, -0.1) is 0 Å². The molecule has 0 spiro atoms. The molecule has 2 aromatic carbocycles. The maximum absolute atomic E-state index is 12.3. The highest BCUT2D eigenvalue weighted by molar-refractivity contribution is 5.74. The van der Waals surface area contributed by atoms with Crippen LogP contribution in [0.15, 0.2) is 53.3 Å². The van der Waals surface area contributed by atoms with Gasteiger partial charge in [-0.25, -0.2) is 4.98 Å². The average molecular weight is 291 g/mol. The monoisotopic (exact) mass is 291 g/mol. The average Bonchev–Trinajstić information content (AvgIpc) is 2.57. The van der Waals surface area contributed by atoms with Gasteiger partial charge < -0.3 is 9.30 Å². The molecule has 0 saturated carbocycles. The Bertz CT molecular complexity index is 939. The van der Waals surface area contributed by atoms with E-state index in [1.807, 2.05) is 30.3 Å². The van der Waals surface area contributed by atoms with Crippen molar-refractivity contribution in [1.82, 2.24) is 9.55 Å². The van der Waals surface area contributed by atoms with Crippen LogP contribution in [0, 0.1) is 11.3 Å². The van der Waals surface area contributed by atoms with Crippen LogP contribution in [-0.4, -0.2) is 9.55 Å². The highest BCUT2D eigenvalue weighted by Gasteiger charge is 2.09. The number of hydrogen-bond acceptors (Lipinski definition) is 4. The number of rotatable bonds is 3. The van der Waals surface area contributed by atoms with Gasteiger partial charge in [0, 0.05) is 7.05 Å². The Balaban J connectivity index is 1.92. The molecule has 0 bridgehead atoms. The van der Waals surface area contributed by atoms with Gasteiger partial charge in [-0.05, 0) is 30.3 Å². The molecule has 1 heterocycles. The second-order valence-corrected chi connectivity index (χ2v) is 4.84. The quantitative estimate of drug-likeness (QED) is 0.743. The maximum atomic E-state index is 12.3. The molecule has 0 aliphatic rings. The molecule has 0 N–H and O–H groups in total. The molecule has 5 nitrogen and oxygen atoms in total. The van der Waals surface area contributed by atoms with E-state index in [2.05, 4.69) is 4.98 Å². The van der Waals surface area contributed by atoms with Crippen LogP contribution < -0.4 is 10.3 Å². The van der Waals surface area contributed by atoms with Crippen molar-refractivity contribution in [3.05, 3.63) is 70.1 Å². The van der Waals surface area contributed by atoms with Gasteiger partial charge >= 0.3 is 0 Å². The number of para-hydroxylation sites is 2. The summed E-state index contributed by atoms with van der Waals surface area (Å²) in [5.41, 5.74) is 2.19. The fourth-order valence-corrected chi connectivity index (χ4v) is 2.24. The summed E-state index contributed by atoms with van der Waals surface area (Å²) in [7, 11) is 1.71. The SMILES string of the molecule is Cn1c(=O)c(COc2cccc(C#N)c2)nc2ccccc21. The van der Waals surface area contributed by atoms with Crippen molar-refractivity contribution in [1.29, 1.82) is 5.26 Å². The molecule has 0 amide bonds. The van der Waals surface area contributed by atoms with E-state index in [0.717, 1.165) is 11.0 Å². The van der Waals surface area contributed by atoms with Crippen molar-refractivity contribution in [3.63, 3.8) is 0 Å². The second-order valence-electron chi connectivity index (χ2n) is 4.84. The summed E-state index contributed by atoms with van der Waals surface area (Å²) in [6.07, 6.45) is 0. The number of ether oxygens (including phenoxy) is 1. The topological polar surface area (TPSA) is 67.9 Å². The summed E-state index contributed by atoms with van der Waals surface area (Å²) in [6, 6.07) is 16.3. The largest absolute Gasteiger partial charge is 0.487 e. The van der Waals surface area contributed by atoms with E-state index in [-0.39, 0.29) is 12.2 Å². The van der Waals surface area contributed by atoms with Crippen LogP contribution in [-0.2, 0) is 13.7 Å². The minimum Gasteiger partial charge on any atom is -0.487 e. The molecule has 0 atom stereocenters. The van der Waals surface area contributed by atoms with E-state index >= 15 is 0 Å². The van der Waals surface area contributed by atoms with Crippen LogP contribution in [0.2, 0.25) is 0 Å². The Morgan fingerprint density at radius 3 is 2.86 bits per heavy atom. The smallest absolute Gasteiger partial charge is 0.276 e. The van der Waals surface area contributed by atoms with E-state index in [0.29, 0.717) is 17.0 Å². The zero-order valence-electron chi connectivity index (χ0n) is 12.0. The normalized spacial score (nSPS) is 10.4. The van der Waals surface area contributed by atoms with Crippen LogP contribution in [0.4, 0.5) is 0 Å². The molecule has 22 heavy (non-hydrogen) atoms. The number of fused-ring (bicyclic) bond motifs is 1. The Morgan fingerprint density at radius 2 is 2.05 bits per heavy atom. The van der Waals surface area contributed by atoms with Crippen LogP contribution in [0.1, 0.15) is 11.3 Å². The number of nitrogens with zero attached hydrogens (tertiary/aromatic N) is 3. The lowest BCUT2D eigenvalue weighted by Crippen LogP contribution is -2.24. The van der Waals surface area contributed by atoms with Crippen LogP contribution in [0.3, 0.4) is 0 Å². The van der Waals surface area contributed by atoms with Gasteiger partial charge in [0.05, 0.1) is 22.7 Å². The van der Waals surface area contributed by atoms with Gasteiger partial charge in [0.2, 0.25) is 0 Å². The van der Waals surface area contributed by atoms with E-state index < -0.39 is 0 Å². The van der Waals surface area contributed by atoms with Gasteiger partial charge in [-0.2, -0.15) is 5.26 Å². The molecule has 0 unspecified atom stereocenters. The summed E-state index contributed by atoms with van der Waals surface area (Å²) in [5.74, 6) is 0.538. The summed E-state index contributed by atoms with van der Waals surface area (Å²) in [6.45, 7) is 0.0619. The molecule has 3 aromatic rings. The molecule has 0 fully saturated rings. The standard InChI is InChI=1S/C17H13N3O2/c1-20-16-8-3-2-7-14(16)19-15(17(20)21)11-22-13-6-4-5-12(9-13)10-18/h2-9H,11H2,1H3. The predicted molar refractivity (Wildman–Crippen MR) is 82.5 cm³/mol. The summed E-state index contributed by atoms with van der Waals surface area (Å²) >= 11 is 0. The van der Waals surface area contributed by atoms with Gasteiger partial charge in [0.15, 0.2) is 0 Å². The fraction of sp³-hybridized carbons (Fsp3) is 0.118. The first kappa shape index (κ1) is 13.8. The maximum Gasteiger partial charge on any atom is 0.276 e. The van der Waals surface area contributed by atoms with Gasteiger partial charge in [0.1, 0.15) is 18.1 Å². The minimum atomic E-state index is -0.185. The van der Waals surface area contributed by atoms with E-state index in [1.165, 1.54) is 0 Å². The van der Waals surface area contributed by atoms with E-state index in [9.17, 15) is 4.79 Å². The van der Waals surface area contributed by atoms with Crippen LogP contribution in [0.5, 0.6) is 5.75 Å². The molecule has 0 saturated heterocycles. The minimum absolute atomic E-state index is 0.0619. The van der Waals surface area contributed by atoms with Crippen molar-refractivity contribution in [2.45, 2.75) is 6.61 Å². The third-order valence-corrected chi connectivity index (χ3v) is 3.39. The Morgan fingerprint density at radius 1 is 1.23 bits per heavy atom. The summed E-state index contributed by atoms with van der Waals surface area (Å²) in [5, 5.41) is 8.87. The molecule has 108 valence electrons. The van der Waals surface area contributed by atoms with E-state index in [4.69, 9.17) is 10.00 Å². The molecule has 1 aromatic heterocycles. The second kappa shape index (κ2) is 5.70. The lowest BCUT2D eigenvalue weighted by molar-refractivity contribution is 0.299. The molecule has 0 aliphatic heterocycles.